The van der Waals surface area contributed by atoms with Gasteiger partial charge in [-0.05, 0) is 31.5 Å². The summed E-state index contributed by atoms with van der Waals surface area (Å²) in [4.78, 5) is 0. The van der Waals surface area contributed by atoms with Crippen LogP contribution in [0.15, 0.2) is 22.8 Å². The van der Waals surface area contributed by atoms with Gasteiger partial charge in [0.2, 0.25) is 0 Å². The summed E-state index contributed by atoms with van der Waals surface area (Å²) in [7, 11) is 0. The van der Waals surface area contributed by atoms with Crippen LogP contribution in [0.25, 0.3) is 11.0 Å². The van der Waals surface area contributed by atoms with E-state index in [4.69, 9.17) is 16.0 Å². The fourth-order valence-corrected chi connectivity index (χ4v) is 2.10. The zero-order valence-corrected chi connectivity index (χ0v) is 10.4. The molecule has 2 rings (SSSR count). The van der Waals surface area contributed by atoms with Crippen LogP contribution >= 0.6 is 11.6 Å². The van der Waals surface area contributed by atoms with E-state index in [9.17, 15) is 0 Å². The summed E-state index contributed by atoms with van der Waals surface area (Å²) in [6, 6.07) is 3.91. The van der Waals surface area contributed by atoms with Crippen molar-refractivity contribution in [2.45, 2.75) is 26.8 Å². The van der Waals surface area contributed by atoms with Crippen molar-refractivity contribution in [3.63, 3.8) is 0 Å². The van der Waals surface area contributed by atoms with Gasteiger partial charge in [-0.3, -0.25) is 0 Å². The average molecular weight is 238 g/mol. The molecule has 0 saturated carbocycles. The molecular weight excluding hydrogens is 222 g/mol. The lowest BCUT2D eigenvalue weighted by Gasteiger charge is -2.02. The van der Waals surface area contributed by atoms with Crippen LogP contribution in [0.5, 0.6) is 0 Å². The van der Waals surface area contributed by atoms with Gasteiger partial charge in [-0.15, -0.1) is 0 Å². The highest BCUT2D eigenvalue weighted by Crippen LogP contribution is 2.30. The molecular formula is C13H16ClNO. The van der Waals surface area contributed by atoms with Gasteiger partial charge in [-0.1, -0.05) is 24.6 Å². The number of hydrogen-bond donors (Lipinski definition) is 1. The molecule has 3 heteroatoms. The molecule has 0 unspecified atom stereocenters. The Morgan fingerprint density at radius 3 is 2.94 bits per heavy atom. The first-order chi connectivity index (χ1) is 7.74. The van der Waals surface area contributed by atoms with Crippen molar-refractivity contribution in [1.82, 2.24) is 5.32 Å². The van der Waals surface area contributed by atoms with Crippen LogP contribution in [-0.4, -0.2) is 6.54 Å². The zero-order valence-electron chi connectivity index (χ0n) is 9.64. The minimum atomic E-state index is 0.766. The molecule has 1 N–H and O–H groups in total. The molecule has 2 nitrogen and oxygen atoms in total. The fourth-order valence-electron chi connectivity index (χ4n) is 1.83. The highest BCUT2D eigenvalue weighted by atomic mass is 35.5. The molecule has 16 heavy (non-hydrogen) atoms. The topological polar surface area (TPSA) is 25.2 Å². The van der Waals surface area contributed by atoms with Crippen LogP contribution in [0.4, 0.5) is 0 Å². The lowest BCUT2D eigenvalue weighted by molar-refractivity contribution is 0.599. The number of furan rings is 1. The minimum absolute atomic E-state index is 0.766. The van der Waals surface area contributed by atoms with Gasteiger partial charge in [0, 0.05) is 17.5 Å². The summed E-state index contributed by atoms with van der Waals surface area (Å²) < 4.78 is 5.57. The lowest BCUT2D eigenvalue weighted by Crippen LogP contribution is -2.13. The number of benzene rings is 1. The predicted octanol–water partition coefficient (Wildman–Crippen LogP) is 3.89. The van der Waals surface area contributed by atoms with E-state index in [-0.39, 0.29) is 0 Å². The summed E-state index contributed by atoms with van der Waals surface area (Å²) >= 11 is 6.20. The van der Waals surface area contributed by atoms with Crippen molar-refractivity contribution in [2.24, 2.45) is 0 Å². The van der Waals surface area contributed by atoms with E-state index in [0.29, 0.717) is 0 Å². The molecule has 0 saturated heterocycles. The third-order valence-electron chi connectivity index (χ3n) is 2.69. The molecule has 1 aromatic carbocycles. The molecule has 0 amide bonds. The Balaban J connectivity index is 2.36. The van der Waals surface area contributed by atoms with Crippen molar-refractivity contribution >= 4 is 22.6 Å². The summed E-state index contributed by atoms with van der Waals surface area (Å²) in [6.45, 7) is 6.00. The lowest BCUT2D eigenvalue weighted by atomic mass is 10.1. The van der Waals surface area contributed by atoms with Crippen LogP contribution in [0.1, 0.15) is 24.5 Å². The zero-order chi connectivity index (χ0) is 11.5. The van der Waals surface area contributed by atoms with Crippen molar-refractivity contribution < 1.29 is 4.42 Å². The van der Waals surface area contributed by atoms with Gasteiger partial charge in [-0.25, -0.2) is 0 Å². The highest BCUT2D eigenvalue weighted by Gasteiger charge is 2.10. The molecule has 0 bridgehead atoms. The number of hydrogen-bond acceptors (Lipinski definition) is 2. The number of nitrogens with one attached hydrogen (secondary N) is 1. The molecule has 1 aromatic heterocycles. The largest absolute Gasteiger partial charge is 0.464 e. The summed E-state index contributed by atoms with van der Waals surface area (Å²) in [5.41, 5.74) is 3.17. The van der Waals surface area contributed by atoms with E-state index in [1.54, 1.807) is 6.26 Å². The first-order valence-electron chi connectivity index (χ1n) is 5.60. The predicted molar refractivity (Wildman–Crippen MR) is 68.0 cm³/mol. The Labute approximate surface area is 101 Å². The van der Waals surface area contributed by atoms with Gasteiger partial charge >= 0.3 is 0 Å². The van der Waals surface area contributed by atoms with Gasteiger partial charge in [-0.2, -0.15) is 0 Å². The normalized spacial score (nSPS) is 11.2. The first kappa shape index (κ1) is 11.5. The third-order valence-corrected chi connectivity index (χ3v) is 3.00. The standard InChI is InChI=1S/C13H16ClNO/c1-3-6-15-7-10-8-16-13-9(2)4-5-11(14)12(10)13/h4-5,8,15H,3,6-7H2,1-2H3. The molecule has 86 valence electrons. The minimum Gasteiger partial charge on any atom is -0.464 e. The number of rotatable bonds is 4. The number of halogens is 1. The molecule has 0 radical (unpaired) electrons. The molecule has 0 aliphatic heterocycles. The Bertz CT molecular complexity index is 490. The van der Waals surface area contributed by atoms with Crippen molar-refractivity contribution in [1.29, 1.82) is 0 Å². The fraction of sp³-hybridized carbons (Fsp3) is 0.385. The van der Waals surface area contributed by atoms with Gasteiger partial charge in [0.25, 0.3) is 0 Å². The quantitative estimate of drug-likeness (QED) is 0.816. The molecule has 0 spiro atoms. The molecule has 0 atom stereocenters. The maximum Gasteiger partial charge on any atom is 0.138 e. The van der Waals surface area contributed by atoms with Gasteiger partial charge < -0.3 is 9.73 Å². The van der Waals surface area contributed by atoms with Gasteiger partial charge in [0.05, 0.1) is 11.3 Å². The average Bonchev–Trinajstić information content (AvgIpc) is 2.69. The SMILES string of the molecule is CCCNCc1coc2c(C)ccc(Cl)c12. The van der Waals surface area contributed by atoms with E-state index in [0.717, 1.165) is 46.6 Å². The summed E-state index contributed by atoms with van der Waals surface area (Å²) in [5, 5.41) is 5.17. The highest BCUT2D eigenvalue weighted by molar-refractivity contribution is 6.35. The molecule has 0 aliphatic carbocycles. The Morgan fingerprint density at radius 2 is 2.19 bits per heavy atom. The Kier molecular flexibility index (Phi) is 3.52. The second kappa shape index (κ2) is 4.89. The van der Waals surface area contributed by atoms with E-state index in [2.05, 4.69) is 12.2 Å². The smallest absolute Gasteiger partial charge is 0.138 e. The maximum atomic E-state index is 6.20. The number of fused-ring (bicyclic) bond motifs is 1. The van der Waals surface area contributed by atoms with Gasteiger partial charge in [0.1, 0.15) is 5.58 Å². The maximum absolute atomic E-state index is 6.20. The molecule has 1 heterocycles. The van der Waals surface area contributed by atoms with Crippen molar-refractivity contribution in [3.05, 3.63) is 34.5 Å². The van der Waals surface area contributed by atoms with Crippen LogP contribution in [-0.2, 0) is 6.54 Å². The molecule has 0 aliphatic rings. The second-order valence-corrected chi connectivity index (χ2v) is 4.41. The van der Waals surface area contributed by atoms with E-state index >= 15 is 0 Å². The summed E-state index contributed by atoms with van der Waals surface area (Å²) in [6.07, 6.45) is 2.93. The van der Waals surface area contributed by atoms with Crippen LogP contribution in [0.3, 0.4) is 0 Å². The summed E-state index contributed by atoms with van der Waals surface area (Å²) in [5.74, 6) is 0. The van der Waals surface area contributed by atoms with E-state index in [1.165, 1.54) is 0 Å². The third kappa shape index (κ3) is 2.08. The van der Waals surface area contributed by atoms with Crippen LogP contribution in [0.2, 0.25) is 5.02 Å². The van der Waals surface area contributed by atoms with Crippen molar-refractivity contribution in [2.75, 3.05) is 6.54 Å². The molecule has 0 fully saturated rings. The van der Waals surface area contributed by atoms with E-state index < -0.39 is 0 Å². The molecule has 2 aromatic rings. The first-order valence-corrected chi connectivity index (χ1v) is 5.97. The van der Waals surface area contributed by atoms with Crippen LogP contribution < -0.4 is 5.32 Å². The second-order valence-electron chi connectivity index (χ2n) is 4.01. The Hall–Kier alpha value is -0.990. The number of aryl methyl sites for hydroxylation is 1. The van der Waals surface area contributed by atoms with E-state index in [1.807, 2.05) is 19.1 Å². The van der Waals surface area contributed by atoms with Crippen molar-refractivity contribution in [3.8, 4) is 0 Å². The monoisotopic (exact) mass is 237 g/mol. The Morgan fingerprint density at radius 1 is 1.38 bits per heavy atom. The van der Waals surface area contributed by atoms with Gasteiger partial charge in [0.15, 0.2) is 0 Å². The van der Waals surface area contributed by atoms with Crippen LogP contribution in [0, 0.1) is 6.92 Å².